The quantitative estimate of drug-likeness (QED) is 0.520. The topological polar surface area (TPSA) is 81.5 Å². The average molecular weight is 468 g/mol. The summed E-state index contributed by atoms with van der Waals surface area (Å²) in [7, 11) is -3.57. The minimum Gasteiger partial charge on any atom is -0.376 e. The van der Waals surface area contributed by atoms with Crippen molar-refractivity contribution in [3.8, 4) is 0 Å². The molecule has 31 heavy (non-hydrogen) atoms. The molecule has 1 aromatic carbocycles. The summed E-state index contributed by atoms with van der Waals surface area (Å²) in [4.78, 5) is 17.4. The fraction of sp³-hybridized carbons (Fsp3) is 0.636. The second-order valence-electron chi connectivity index (χ2n) is 8.84. The second kappa shape index (κ2) is 9.60. The van der Waals surface area contributed by atoms with Gasteiger partial charge in [-0.1, -0.05) is 46.4 Å². The van der Waals surface area contributed by atoms with E-state index in [2.05, 4.69) is 4.57 Å². The molecule has 7 nitrogen and oxygen atoms in total. The van der Waals surface area contributed by atoms with E-state index in [1.165, 1.54) is 16.1 Å². The lowest BCUT2D eigenvalue weighted by molar-refractivity contribution is -0.123. The van der Waals surface area contributed by atoms with E-state index in [-0.39, 0.29) is 16.8 Å². The van der Waals surface area contributed by atoms with Gasteiger partial charge in [-0.25, -0.2) is 13.4 Å². The fourth-order valence-corrected chi connectivity index (χ4v) is 6.25. The van der Waals surface area contributed by atoms with Crippen LogP contribution in [0.5, 0.6) is 0 Å². The number of carbonyl (C=O) groups excluding carboxylic acids is 1. The van der Waals surface area contributed by atoms with E-state index in [9.17, 15) is 13.2 Å². The van der Waals surface area contributed by atoms with Gasteiger partial charge >= 0.3 is 0 Å². The number of thioether (sulfide) groups is 1. The molecular formula is C22H33N3O4S2. The minimum atomic E-state index is -3.57. The molecule has 9 heteroatoms. The van der Waals surface area contributed by atoms with Crippen molar-refractivity contribution >= 4 is 38.6 Å². The Bertz CT molecular complexity index is 1030. The molecule has 172 valence electrons. The molecule has 0 saturated carbocycles. The summed E-state index contributed by atoms with van der Waals surface area (Å²) < 4.78 is 35.2. The highest BCUT2D eigenvalue weighted by Crippen LogP contribution is 2.30. The number of aromatic nitrogens is 2. The summed E-state index contributed by atoms with van der Waals surface area (Å²) >= 11 is 1.41. The number of benzene rings is 1. The number of nitrogens with zero attached hydrogens (tertiary/aromatic N) is 3. The third-order valence-electron chi connectivity index (χ3n) is 5.61. The number of hydrogen-bond donors (Lipinski definition) is 0. The lowest BCUT2D eigenvalue weighted by atomic mass is 9.92. The fourth-order valence-electron chi connectivity index (χ4n) is 3.59. The van der Waals surface area contributed by atoms with Crippen LogP contribution in [0.25, 0.3) is 11.0 Å². The molecule has 1 saturated heterocycles. The summed E-state index contributed by atoms with van der Waals surface area (Å²) in [6.07, 6.45) is 2.13. The summed E-state index contributed by atoms with van der Waals surface area (Å²) in [6, 6.07) is 5.12. The first kappa shape index (κ1) is 24.2. The average Bonchev–Trinajstić information content (AvgIpc) is 3.34. The molecule has 3 rings (SSSR count). The predicted molar refractivity (Wildman–Crippen MR) is 124 cm³/mol. The maximum absolute atomic E-state index is 13.0. The Hall–Kier alpha value is -1.42. The second-order valence-corrected chi connectivity index (χ2v) is 11.7. The summed E-state index contributed by atoms with van der Waals surface area (Å²) in [5.41, 5.74) is 1.07. The van der Waals surface area contributed by atoms with Gasteiger partial charge in [0.1, 0.15) is 5.78 Å². The molecule has 0 unspecified atom stereocenters. The van der Waals surface area contributed by atoms with Crippen LogP contribution < -0.4 is 0 Å². The van der Waals surface area contributed by atoms with Crippen molar-refractivity contribution in [2.45, 2.75) is 70.2 Å². The molecule has 0 amide bonds. The van der Waals surface area contributed by atoms with Crippen LogP contribution in [0.1, 0.15) is 47.5 Å². The van der Waals surface area contributed by atoms with Gasteiger partial charge in [-0.05, 0) is 31.0 Å². The van der Waals surface area contributed by atoms with Crippen LogP contribution in [0.15, 0.2) is 28.3 Å². The molecule has 1 atom stereocenters. The van der Waals surface area contributed by atoms with Gasteiger partial charge in [0.05, 0.1) is 34.3 Å². The Morgan fingerprint density at radius 3 is 2.58 bits per heavy atom. The summed E-state index contributed by atoms with van der Waals surface area (Å²) in [5, 5.41) is 0.723. The van der Waals surface area contributed by atoms with E-state index >= 15 is 0 Å². The van der Waals surface area contributed by atoms with E-state index in [4.69, 9.17) is 9.72 Å². The monoisotopic (exact) mass is 467 g/mol. The third kappa shape index (κ3) is 5.32. The predicted octanol–water partition coefficient (Wildman–Crippen LogP) is 3.95. The van der Waals surface area contributed by atoms with E-state index in [1.54, 1.807) is 12.1 Å². The Kier molecular flexibility index (Phi) is 7.50. The molecule has 0 bridgehead atoms. The highest BCUT2D eigenvalue weighted by Gasteiger charge is 2.26. The molecule has 2 aromatic rings. The number of hydrogen-bond acceptors (Lipinski definition) is 6. The van der Waals surface area contributed by atoms with Crippen molar-refractivity contribution in [1.29, 1.82) is 0 Å². The van der Waals surface area contributed by atoms with Crippen LogP contribution in [0.2, 0.25) is 0 Å². The van der Waals surface area contributed by atoms with Crippen LogP contribution >= 0.6 is 11.8 Å². The van der Waals surface area contributed by atoms with Gasteiger partial charge in [-0.15, -0.1) is 0 Å². The lowest BCUT2D eigenvalue weighted by Crippen LogP contribution is -2.30. The molecule has 0 N–H and O–H groups in total. The Labute approximate surface area is 189 Å². The number of rotatable bonds is 9. The molecule has 1 fully saturated rings. The number of ether oxygens (including phenoxy) is 1. The molecule has 0 radical (unpaired) electrons. The molecule has 1 aromatic heterocycles. The Morgan fingerprint density at radius 1 is 1.29 bits per heavy atom. The van der Waals surface area contributed by atoms with E-state index in [1.807, 2.05) is 40.7 Å². The zero-order chi connectivity index (χ0) is 22.8. The summed E-state index contributed by atoms with van der Waals surface area (Å²) in [5.74, 6) is 0.473. The Morgan fingerprint density at radius 2 is 2.00 bits per heavy atom. The normalized spacial score (nSPS) is 17.7. The number of Topliss-reactive ketones (excluding diaryl/α,β-unsaturated/α-hetero) is 1. The van der Waals surface area contributed by atoms with Gasteiger partial charge in [0, 0.05) is 25.1 Å². The number of imidazole rings is 1. The maximum atomic E-state index is 13.0. The number of carbonyl (C=O) groups is 1. The van der Waals surface area contributed by atoms with E-state index < -0.39 is 15.4 Å². The lowest BCUT2D eigenvalue weighted by Gasteiger charge is -2.18. The Balaban J connectivity index is 1.99. The van der Waals surface area contributed by atoms with Crippen LogP contribution in [0.3, 0.4) is 0 Å². The number of ketones is 1. The first-order valence-electron chi connectivity index (χ1n) is 10.9. The van der Waals surface area contributed by atoms with Gasteiger partial charge in [0.2, 0.25) is 10.0 Å². The van der Waals surface area contributed by atoms with Crippen molar-refractivity contribution in [3.05, 3.63) is 18.2 Å². The maximum Gasteiger partial charge on any atom is 0.243 e. The molecule has 2 heterocycles. The van der Waals surface area contributed by atoms with Crippen molar-refractivity contribution in [2.75, 3.05) is 25.4 Å². The number of sulfonamides is 1. The van der Waals surface area contributed by atoms with Crippen LogP contribution in [-0.4, -0.2) is 59.6 Å². The van der Waals surface area contributed by atoms with Crippen molar-refractivity contribution in [2.24, 2.45) is 5.41 Å². The first-order chi connectivity index (χ1) is 14.6. The van der Waals surface area contributed by atoms with Crippen molar-refractivity contribution in [3.63, 3.8) is 0 Å². The highest BCUT2D eigenvalue weighted by atomic mass is 32.2. The molecule has 0 spiro atoms. The zero-order valence-corrected chi connectivity index (χ0v) is 20.7. The smallest absolute Gasteiger partial charge is 0.243 e. The van der Waals surface area contributed by atoms with Crippen LogP contribution in [0, 0.1) is 5.41 Å². The molecule has 1 aliphatic rings. The first-order valence-corrected chi connectivity index (χ1v) is 13.3. The van der Waals surface area contributed by atoms with Gasteiger partial charge in [0.25, 0.3) is 0 Å². The van der Waals surface area contributed by atoms with Gasteiger partial charge in [-0.2, -0.15) is 4.31 Å². The van der Waals surface area contributed by atoms with Gasteiger partial charge < -0.3 is 9.30 Å². The largest absolute Gasteiger partial charge is 0.376 e. The molecule has 0 aliphatic carbocycles. The summed E-state index contributed by atoms with van der Waals surface area (Å²) in [6.45, 7) is 11.6. The standard InChI is InChI=1S/C22H33N3O4S2/c1-6-24(7-2)31(27,28)17-10-11-19-18(13-17)23-21(30-15-20(26)22(3,4)5)25(19)14-16-9-8-12-29-16/h10-11,13,16H,6-9,12,14-15H2,1-5H3/t16-/m0/s1. The van der Waals surface area contributed by atoms with Gasteiger partial charge in [0.15, 0.2) is 5.16 Å². The van der Waals surface area contributed by atoms with Crippen molar-refractivity contribution < 1.29 is 17.9 Å². The van der Waals surface area contributed by atoms with Crippen LogP contribution in [-0.2, 0) is 26.1 Å². The molecule has 1 aliphatic heterocycles. The zero-order valence-electron chi connectivity index (χ0n) is 19.1. The van der Waals surface area contributed by atoms with Gasteiger partial charge in [-0.3, -0.25) is 4.79 Å². The van der Waals surface area contributed by atoms with E-state index in [0.29, 0.717) is 30.9 Å². The minimum absolute atomic E-state index is 0.106. The van der Waals surface area contributed by atoms with Crippen molar-refractivity contribution in [1.82, 2.24) is 13.9 Å². The highest BCUT2D eigenvalue weighted by molar-refractivity contribution is 7.99. The number of fused-ring (bicyclic) bond motifs is 1. The molecular weight excluding hydrogens is 434 g/mol. The van der Waals surface area contributed by atoms with Crippen LogP contribution in [0.4, 0.5) is 0 Å². The SMILES string of the molecule is CCN(CC)S(=O)(=O)c1ccc2c(c1)nc(SCC(=O)C(C)(C)C)n2C[C@@H]1CCCO1. The third-order valence-corrected chi connectivity index (χ3v) is 8.63. The van der Waals surface area contributed by atoms with E-state index in [0.717, 1.165) is 30.1 Å².